The highest BCUT2D eigenvalue weighted by Crippen LogP contribution is 2.30. The molecule has 162 valence electrons. The Balaban J connectivity index is 1.60. The molecule has 0 bridgehead atoms. The van der Waals surface area contributed by atoms with Gasteiger partial charge in [0.2, 0.25) is 0 Å². The maximum absolute atomic E-state index is 13.1. The zero-order valence-electron chi connectivity index (χ0n) is 18.3. The van der Waals surface area contributed by atoms with E-state index in [-0.39, 0.29) is 5.91 Å². The summed E-state index contributed by atoms with van der Waals surface area (Å²) in [5.74, 6) is 0.253. The van der Waals surface area contributed by atoms with Gasteiger partial charge >= 0.3 is 0 Å². The van der Waals surface area contributed by atoms with Crippen molar-refractivity contribution in [3.63, 3.8) is 0 Å². The molecule has 3 aromatic carbocycles. The fourth-order valence-electron chi connectivity index (χ4n) is 3.86. The van der Waals surface area contributed by atoms with Crippen molar-refractivity contribution in [3.8, 4) is 16.8 Å². The van der Waals surface area contributed by atoms with Crippen LogP contribution in [-0.2, 0) is 6.54 Å². The molecule has 6 heteroatoms. The van der Waals surface area contributed by atoms with Crippen LogP contribution < -0.4 is 5.32 Å². The number of carbonyl (C=O) groups excluding carboxylic acids is 1. The Morgan fingerprint density at radius 2 is 1.91 bits per heavy atom. The topological polar surface area (TPSA) is 59.8 Å². The maximum atomic E-state index is 13.1. The van der Waals surface area contributed by atoms with Crippen molar-refractivity contribution in [2.24, 2.45) is 0 Å². The summed E-state index contributed by atoms with van der Waals surface area (Å²) >= 11 is 6.20. The lowest BCUT2D eigenvalue weighted by Gasteiger charge is -2.15. The Kier molecular flexibility index (Phi) is 6.37. The summed E-state index contributed by atoms with van der Waals surface area (Å²) in [6.07, 6.45) is 3.09. The van der Waals surface area contributed by atoms with Gasteiger partial charge in [0.05, 0.1) is 5.69 Å². The van der Waals surface area contributed by atoms with Gasteiger partial charge in [-0.15, -0.1) is 0 Å². The van der Waals surface area contributed by atoms with Gasteiger partial charge in [-0.25, -0.2) is 9.67 Å². The van der Waals surface area contributed by atoms with E-state index in [1.807, 2.05) is 37.3 Å². The van der Waals surface area contributed by atoms with Crippen molar-refractivity contribution < 1.29 is 4.79 Å². The SMILES string of the molecule is Cc1cc(C(=O)NCc2cc(Cl)ccc2-n2cncn2)cc(-c2ccccc2C(C)C)c1. The van der Waals surface area contributed by atoms with E-state index in [4.69, 9.17) is 11.6 Å². The van der Waals surface area contributed by atoms with E-state index < -0.39 is 0 Å². The van der Waals surface area contributed by atoms with Crippen LogP contribution in [0, 0.1) is 6.92 Å². The number of aryl methyl sites for hydroxylation is 1. The Bertz CT molecular complexity index is 1250. The normalized spacial score (nSPS) is 11.0. The number of nitrogens with one attached hydrogen (secondary N) is 1. The molecule has 4 aromatic rings. The van der Waals surface area contributed by atoms with Gasteiger partial charge in [0.15, 0.2) is 0 Å². The first kappa shape index (κ1) is 21.8. The van der Waals surface area contributed by atoms with Crippen LogP contribution in [0.25, 0.3) is 16.8 Å². The molecule has 0 radical (unpaired) electrons. The molecule has 0 aliphatic carbocycles. The fraction of sp³-hybridized carbons (Fsp3) is 0.192. The van der Waals surface area contributed by atoms with Crippen LogP contribution in [0.1, 0.15) is 46.8 Å². The van der Waals surface area contributed by atoms with Crippen LogP contribution in [0.5, 0.6) is 0 Å². The lowest BCUT2D eigenvalue weighted by atomic mass is 9.91. The van der Waals surface area contributed by atoms with Crippen LogP contribution in [0.3, 0.4) is 0 Å². The number of hydrogen-bond acceptors (Lipinski definition) is 3. The zero-order valence-corrected chi connectivity index (χ0v) is 19.1. The predicted octanol–water partition coefficient (Wildman–Crippen LogP) is 5.95. The van der Waals surface area contributed by atoms with Gasteiger partial charge in [-0.1, -0.05) is 55.8 Å². The van der Waals surface area contributed by atoms with Crippen molar-refractivity contribution in [2.75, 3.05) is 0 Å². The average Bonchev–Trinajstić information content (AvgIpc) is 3.31. The van der Waals surface area contributed by atoms with Crippen LogP contribution in [0.15, 0.2) is 73.3 Å². The lowest BCUT2D eigenvalue weighted by molar-refractivity contribution is 0.0951. The molecule has 1 N–H and O–H groups in total. The number of halogens is 1. The third kappa shape index (κ3) is 4.73. The molecule has 0 saturated heterocycles. The molecule has 1 aromatic heterocycles. The van der Waals surface area contributed by atoms with Crippen molar-refractivity contribution in [3.05, 3.63) is 101 Å². The smallest absolute Gasteiger partial charge is 0.251 e. The number of amides is 1. The Labute approximate surface area is 193 Å². The first-order valence-electron chi connectivity index (χ1n) is 10.5. The molecule has 0 aliphatic rings. The van der Waals surface area contributed by atoms with E-state index in [1.54, 1.807) is 17.1 Å². The minimum Gasteiger partial charge on any atom is -0.348 e. The van der Waals surface area contributed by atoms with Gasteiger partial charge in [0, 0.05) is 17.1 Å². The second kappa shape index (κ2) is 9.37. The van der Waals surface area contributed by atoms with E-state index in [1.165, 1.54) is 11.9 Å². The van der Waals surface area contributed by atoms with Crippen molar-refractivity contribution in [1.29, 1.82) is 0 Å². The molecule has 0 spiro atoms. The summed E-state index contributed by atoms with van der Waals surface area (Å²) < 4.78 is 1.66. The average molecular weight is 445 g/mol. The van der Waals surface area contributed by atoms with Crippen molar-refractivity contribution in [1.82, 2.24) is 20.1 Å². The van der Waals surface area contributed by atoms with Gasteiger partial charge in [-0.05, 0) is 71.0 Å². The summed E-state index contributed by atoms with van der Waals surface area (Å²) in [5.41, 5.74) is 6.81. The van der Waals surface area contributed by atoms with E-state index in [2.05, 4.69) is 53.5 Å². The predicted molar refractivity (Wildman–Crippen MR) is 128 cm³/mol. The maximum Gasteiger partial charge on any atom is 0.251 e. The molecule has 0 unspecified atom stereocenters. The molecule has 0 fully saturated rings. The second-order valence-corrected chi connectivity index (χ2v) is 8.56. The number of rotatable bonds is 6. The molecule has 1 heterocycles. The van der Waals surface area contributed by atoms with Crippen LogP contribution >= 0.6 is 11.6 Å². The van der Waals surface area contributed by atoms with Gasteiger partial charge in [0.25, 0.3) is 5.91 Å². The van der Waals surface area contributed by atoms with E-state index in [0.717, 1.165) is 27.9 Å². The number of nitrogens with zero attached hydrogens (tertiary/aromatic N) is 3. The molecule has 32 heavy (non-hydrogen) atoms. The molecular formula is C26H25ClN4O. The van der Waals surface area contributed by atoms with Crippen LogP contribution in [-0.4, -0.2) is 20.7 Å². The summed E-state index contributed by atoms with van der Waals surface area (Å²) in [6.45, 7) is 6.69. The van der Waals surface area contributed by atoms with E-state index in [0.29, 0.717) is 23.0 Å². The van der Waals surface area contributed by atoms with Crippen molar-refractivity contribution in [2.45, 2.75) is 33.2 Å². The van der Waals surface area contributed by atoms with Gasteiger partial charge in [-0.2, -0.15) is 5.10 Å². The van der Waals surface area contributed by atoms with E-state index in [9.17, 15) is 4.79 Å². The molecular weight excluding hydrogens is 420 g/mol. The number of hydrogen-bond donors (Lipinski definition) is 1. The third-order valence-corrected chi connectivity index (χ3v) is 5.61. The fourth-order valence-corrected chi connectivity index (χ4v) is 4.06. The molecule has 4 rings (SSSR count). The summed E-state index contributed by atoms with van der Waals surface area (Å²) in [5, 5.41) is 7.82. The number of aromatic nitrogens is 3. The van der Waals surface area contributed by atoms with Gasteiger partial charge < -0.3 is 5.32 Å². The highest BCUT2D eigenvalue weighted by molar-refractivity contribution is 6.30. The minimum absolute atomic E-state index is 0.138. The largest absolute Gasteiger partial charge is 0.348 e. The van der Waals surface area contributed by atoms with Crippen LogP contribution in [0.2, 0.25) is 5.02 Å². The van der Waals surface area contributed by atoms with Gasteiger partial charge in [0.1, 0.15) is 12.7 Å². The highest BCUT2D eigenvalue weighted by atomic mass is 35.5. The minimum atomic E-state index is -0.138. The zero-order chi connectivity index (χ0) is 22.7. The summed E-state index contributed by atoms with van der Waals surface area (Å²) in [7, 11) is 0. The standard InChI is InChI=1S/C26H25ClN4O/c1-17(2)23-6-4-5-7-24(23)19-10-18(3)11-20(12-19)26(32)29-14-21-13-22(27)8-9-25(21)31-16-28-15-30-31/h4-13,15-17H,14H2,1-3H3,(H,29,32). The monoisotopic (exact) mass is 444 g/mol. The lowest BCUT2D eigenvalue weighted by Crippen LogP contribution is -2.23. The quantitative estimate of drug-likeness (QED) is 0.399. The second-order valence-electron chi connectivity index (χ2n) is 8.13. The molecule has 0 saturated carbocycles. The Morgan fingerprint density at radius 1 is 1.09 bits per heavy atom. The highest BCUT2D eigenvalue weighted by Gasteiger charge is 2.14. The number of benzene rings is 3. The van der Waals surface area contributed by atoms with E-state index >= 15 is 0 Å². The molecule has 1 amide bonds. The third-order valence-electron chi connectivity index (χ3n) is 5.38. The Hall–Kier alpha value is -3.44. The number of carbonyl (C=O) groups is 1. The molecule has 5 nitrogen and oxygen atoms in total. The molecule has 0 aliphatic heterocycles. The van der Waals surface area contributed by atoms with Crippen LogP contribution in [0.4, 0.5) is 0 Å². The first-order chi connectivity index (χ1) is 15.4. The molecule has 0 atom stereocenters. The first-order valence-corrected chi connectivity index (χ1v) is 10.9. The summed E-state index contributed by atoms with van der Waals surface area (Å²) in [4.78, 5) is 17.1. The van der Waals surface area contributed by atoms with Gasteiger partial charge in [-0.3, -0.25) is 4.79 Å². The summed E-state index contributed by atoms with van der Waals surface area (Å²) in [6, 6.07) is 19.8. The Morgan fingerprint density at radius 3 is 2.66 bits per heavy atom. The van der Waals surface area contributed by atoms with Crippen molar-refractivity contribution >= 4 is 17.5 Å².